The molecule has 1 aromatic heterocycles. The Balaban J connectivity index is 2.72. The number of amides is 1. The van der Waals surface area contributed by atoms with Crippen LogP contribution in [0.1, 0.15) is 17.4 Å². The van der Waals surface area contributed by atoms with E-state index in [0.29, 0.717) is 18.2 Å². The number of alkyl halides is 1. The highest BCUT2D eigenvalue weighted by molar-refractivity contribution is 9.09. The van der Waals surface area contributed by atoms with Crippen LogP contribution in [-0.4, -0.2) is 27.3 Å². The lowest BCUT2D eigenvalue weighted by atomic mass is 10.2. The van der Waals surface area contributed by atoms with Gasteiger partial charge in [-0.3, -0.25) is 14.9 Å². The number of nitrogens with zero attached hydrogens (tertiary/aromatic N) is 2. The Bertz CT molecular complexity index is 430. The van der Waals surface area contributed by atoms with Gasteiger partial charge in [0, 0.05) is 25.0 Å². The predicted octanol–water partition coefficient (Wildman–Crippen LogP) is 1.69. The standard InChI is InChI=1S/C10H14BrN3O3/c1-7(4-11)5-12-10(15)9-3-8(14(16)17)6-13(9)2/h3,6-7H,4-5H2,1-2H3,(H,12,15). The van der Waals surface area contributed by atoms with E-state index in [2.05, 4.69) is 21.2 Å². The summed E-state index contributed by atoms with van der Waals surface area (Å²) in [5.41, 5.74) is 0.213. The summed E-state index contributed by atoms with van der Waals surface area (Å²) in [5, 5.41) is 14.1. The SMILES string of the molecule is CC(CBr)CNC(=O)c1cc([N+](=O)[O-])cn1C. The molecule has 94 valence electrons. The minimum absolute atomic E-state index is 0.0776. The largest absolute Gasteiger partial charge is 0.350 e. The molecule has 1 amide bonds. The van der Waals surface area contributed by atoms with E-state index in [4.69, 9.17) is 0 Å². The minimum Gasteiger partial charge on any atom is -0.350 e. The van der Waals surface area contributed by atoms with Crippen molar-refractivity contribution in [3.05, 3.63) is 28.1 Å². The summed E-state index contributed by atoms with van der Waals surface area (Å²) in [4.78, 5) is 21.8. The van der Waals surface area contributed by atoms with Crippen LogP contribution in [0.2, 0.25) is 0 Å². The molecule has 1 N–H and O–H groups in total. The number of rotatable bonds is 5. The summed E-state index contributed by atoms with van der Waals surface area (Å²) in [7, 11) is 1.61. The van der Waals surface area contributed by atoms with Crippen molar-refractivity contribution < 1.29 is 9.72 Å². The van der Waals surface area contributed by atoms with Crippen LogP contribution in [0, 0.1) is 16.0 Å². The van der Waals surface area contributed by atoms with Gasteiger partial charge in [0.15, 0.2) is 0 Å². The third kappa shape index (κ3) is 3.55. The topological polar surface area (TPSA) is 77.2 Å². The van der Waals surface area contributed by atoms with E-state index in [1.165, 1.54) is 16.8 Å². The zero-order valence-corrected chi connectivity index (χ0v) is 11.2. The van der Waals surface area contributed by atoms with E-state index in [1.54, 1.807) is 7.05 Å². The summed E-state index contributed by atoms with van der Waals surface area (Å²) >= 11 is 3.31. The molecule has 0 saturated heterocycles. The number of halogens is 1. The Labute approximate surface area is 107 Å². The van der Waals surface area contributed by atoms with Crippen LogP contribution in [-0.2, 0) is 7.05 Å². The van der Waals surface area contributed by atoms with E-state index < -0.39 is 4.92 Å². The highest BCUT2D eigenvalue weighted by Crippen LogP contribution is 2.15. The molecule has 0 saturated carbocycles. The molecule has 7 heteroatoms. The van der Waals surface area contributed by atoms with E-state index in [0.717, 1.165) is 5.33 Å². The summed E-state index contributed by atoms with van der Waals surface area (Å²) in [6.45, 7) is 2.52. The molecule has 1 rings (SSSR count). The maximum atomic E-state index is 11.8. The average molecular weight is 304 g/mol. The van der Waals surface area contributed by atoms with Crippen molar-refractivity contribution in [2.24, 2.45) is 13.0 Å². The predicted molar refractivity (Wildman–Crippen MR) is 67.4 cm³/mol. The van der Waals surface area contributed by atoms with Gasteiger partial charge in [0.2, 0.25) is 0 Å². The van der Waals surface area contributed by atoms with Crippen LogP contribution in [0.3, 0.4) is 0 Å². The van der Waals surface area contributed by atoms with Crippen molar-refractivity contribution in [1.82, 2.24) is 9.88 Å². The highest BCUT2D eigenvalue weighted by atomic mass is 79.9. The summed E-state index contributed by atoms with van der Waals surface area (Å²) in [6, 6.07) is 1.27. The van der Waals surface area contributed by atoms with Gasteiger partial charge in [-0.05, 0) is 5.92 Å². The lowest BCUT2D eigenvalue weighted by Gasteiger charge is -2.09. The summed E-state index contributed by atoms with van der Waals surface area (Å²) in [5.74, 6) is 0.0163. The molecule has 6 nitrogen and oxygen atoms in total. The van der Waals surface area contributed by atoms with Gasteiger partial charge >= 0.3 is 0 Å². The Morgan fingerprint density at radius 3 is 2.82 bits per heavy atom. The van der Waals surface area contributed by atoms with Crippen molar-refractivity contribution in [3.8, 4) is 0 Å². The first kappa shape index (κ1) is 13.7. The van der Waals surface area contributed by atoms with Crippen LogP contribution >= 0.6 is 15.9 Å². The Morgan fingerprint density at radius 1 is 1.71 bits per heavy atom. The Kier molecular flexibility index (Phi) is 4.68. The zero-order chi connectivity index (χ0) is 13.0. The van der Waals surface area contributed by atoms with Crippen molar-refractivity contribution in [1.29, 1.82) is 0 Å². The van der Waals surface area contributed by atoms with E-state index in [1.807, 2.05) is 6.92 Å². The van der Waals surface area contributed by atoms with E-state index in [9.17, 15) is 14.9 Å². The van der Waals surface area contributed by atoms with E-state index >= 15 is 0 Å². The fourth-order valence-electron chi connectivity index (χ4n) is 1.28. The number of carbonyl (C=O) groups excluding carboxylic acids is 1. The average Bonchev–Trinajstić information content (AvgIpc) is 2.68. The number of aromatic nitrogens is 1. The third-order valence-electron chi connectivity index (χ3n) is 2.31. The fraction of sp³-hybridized carbons (Fsp3) is 0.500. The van der Waals surface area contributed by atoms with E-state index in [-0.39, 0.29) is 11.6 Å². The first-order valence-electron chi connectivity index (χ1n) is 5.10. The fourth-order valence-corrected chi connectivity index (χ4v) is 1.51. The molecule has 0 aliphatic carbocycles. The lowest BCUT2D eigenvalue weighted by molar-refractivity contribution is -0.384. The van der Waals surface area contributed by atoms with Crippen molar-refractivity contribution in [3.63, 3.8) is 0 Å². The molecule has 0 aromatic carbocycles. The minimum atomic E-state index is -0.516. The normalized spacial score (nSPS) is 12.2. The highest BCUT2D eigenvalue weighted by Gasteiger charge is 2.17. The molecule has 0 fully saturated rings. The first-order valence-corrected chi connectivity index (χ1v) is 6.22. The second kappa shape index (κ2) is 5.81. The van der Waals surface area contributed by atoms with Crippen LogP contribution in [0.15, 0.2) is 12.3 Å². The zero-order valence-electron chi connectivity index (χ0n) is 9.64. The Hall–Kier alpha value is -1.37. The van der Waals surface area contributed by atoms with Crippen LogP contribution in [0.25, 0.3) is 0 Å². The van der Waals surface area contributed by atoms with Crippen molar-refractivity contribution >= 4 is 27.5 Å². The Morgan fingerprint density at radius 2 is 2.35 bits per heavy atom. The molecule has 1 atom stereocenters. The van der Waals surface area contributed by atoms with Gasteiger partial charge in [-0.2, -0.15) is 0 Å². The lowest BCUT2D eigenvalue weighted by Crippen LogP contribution is -2.30. The second-order valence-corrected chi connectivity index (χ2v) is 4.57. The molecule has 0 aliphatic rings. The van der Waals surface area contributed by atoms with Crippen LogP contribution < -0.4 is 5.32 Å². The number of aryl methyl sites for hydroxylation is 1. The quantitative estimate of drug-likeness (QED) is 0.511. The smallest absolute Gasteiger partial charge is 0.287 e. The number of nitrogens with one attached hydrogen (secondary N) is 1. The number of hydrogen-bond donors (Lipinski definition) is 1. The summed E-state index contributed by atoms with van der Waals surface area (Å²) < 4.78 is 1.45. The maximum absolute atomic E-state index is 11.8. The maximum Gasteiger partial charge on any atom is 0.287 e. The molecule has 0 radical (unpaired) electrons. The molecule has 1 heterocycles. The molecule has 17 heavy (non-hydrogen) atoms. The molecule has 0 bridgehead atoms. The van der Waals surface area contributed by atoms with Crippen molar-refractivity contribution in [2.45, 2.75) is 6.92 Å². The third-order valence-corrected chi connectivity index (χ3v) is 3.41. The molecular formula is C10H14BrN3O3. The number of hydrogen-bond acceptors (Lipinski definition) is 3. The first-order chi connectivity index (χ1) is 7.95. The molecule has 0 aliphatic heterocycles. The molecule has 0 spiro atoms. The summed E-state index contributed by atoms with van der Waals surface area (Å²) in [6.07, 6.45) is 1.32. The van der Waals surface area contributed by atoms with Crippen LogP contribution in [0.5, 0.6) is 0 Å². The molecular weight excluding hydrogens is 290 g/mol. The van der Waals surface area contributed by atoms with Gasteiger partial charge in [-0.15, -0.1) is 0 Å². The van der Waals surface area contributed by atoms with Gasteiger partial charge in [0.1, 0.15) is 5.69 Å². The molecule has 1 aromatic rings. The van der Waals surface area contributed by atoms with Gasteiger partial charge in [0.25, 0.3) is 11.6 Å². The number of carbonyl (C=O) groups is 1. The van der Waals surface area contributed by atoms with Crippen molar-refractivity contribution in [2.75, 3.05) is 11.9 Å². The van der Waals surface area contributed by atoms with Gasteiger partial charge in [0.05, 0.1) is 11.1 Å². The van der Waals surface area contributed by atoms with Gasteiger partial charge in [-0.1, -0.05) is 22.9 Å². The monoisotopic (exact) mass is 303 g/mol. The van der Waals surface area contributed by atoms with Gasteiger partial charge < -0.3 is 9.88 Å². The molecule has 1 unspecified atom stereocenters. The number of nitro groups is 1. The van der Waals surface area contributed by atoms with Gasteiger partial charge in [-0.25, -0.2) is 0 Å². The van der Waals surface area contributed by atoms with Crippen LogP contribution in [0.4, 0.5) is 5.69 Å². The second-order valence-electron chi connectivity index (χ2n) is 3.92.